The van der Waals surface area contributed by atoms with Gasteiger partial charge in [-0.2, -0.15) is 0 Å². The second kappa shape index (κ2) is 5.70. The molecule has 0 unspecified atom stereocenters. The van der Waals surface area contributed by atoms with Gasteiger partial charge in [-0.3, -0.25) is 4.98 Å². The molecule has 0 radical (unpaired) electrons. The van der Waals surface area contributed by atoms with E-state index in [-0.39, 0.29) is 5.41 Å². The highest BCUT2D eigenvalue weighted by atomic mass is 16.5. The molecule has 3 heteroatoms. The number of nitrogens with one attached hydrogen (secondary N) is 1. The molecule has 0 saturated carbocycles. The number of ether oxygens (including phenoxy) is 1. The summed E-state index contributed by atoms with van der Waals surface area (Å²) in [6.07, 6.45) is 1.01. The highest BCUT2D eigenvalue weighted by molar-refractivity contribution is 5.92. The van der Waals surface area contributed by atoms with Gasteiger partial charge in [0.2, 0.25) is 0 Å². The van der Waals surface area contributed by atoms with Gasteiger partial charge in [0.25, 0.3) is 0 Å². The molecule has 0 spiro atoms. The van der Waals surface area contributed by atoms with Gasteiger partial charge in [-0.15, -0.1) is 0 Å². The largest absolute Gasteiger partial charge is 0.494 e. The standard InChI is InChI=1S/C17H24N2O/c1-6-9-20-12-7-8-14-13(10-12)15(18-5)11-16(19-14)17(2,3)4/h7-8,10-11H,6,9H2,1-5H3,(H,18,19). The van der Waals surface area contributed by atoms with Crippen LogP contribution < -0.4 is 10.1 Å². The fraction of sp³-hybridized carbons (Fsp3) is 0.471. The lowest BCUT2D eigenvalue weighted by molar-refractivity contribution is 0.318. The number of hydrogen-bond donors (Lipinski definition) is 1. The van der Waals surface area contributed by atoms with Crippen LogP contribution in [0.1, 0.15) is 39.8 Å². The van der Waals surface area contributed by atoms with Gasteiger partial charge in [0, 0.05) is 29.2 Å². The maximum atomic E-state index is 5.70. The number of benzene rings is 1. The van der Waals surface area contributed by atoms with Crippen LogP contribution in [-0.2, 0) is 5.41 Å². The van der Waals surface area contributed by atoms with Crippen LogP contribution >= 0.6 is 0 Å². The van der Waals surface area contributed by atoms with E-state index in [0.717, 1.165) is 41.1 Å². The van der Waals surface area contributed by atoms with Gasteiger partial charge in [-0.05, 0) is 30.7 Å². The predicted molar refractivity (Wildman–Crippen MR) is 85.8 cm³/mol. The number of rotatable bonds is 4. The van der Waals surface area contributed by atoms with Crippen LogP contribution in [0.2, 0.25) is 0 Å². The number of anilines is 1. The lowest BCUT2D eigenvalue weighted by Gasteiger charge is -2.20. The fourth-order valence-corrected chi connectivity index (χ4v) is 2.11. The third kappa shape index (κ3) is 3.03. The quantitative estimate of drug-likeness (QED) is 0.897. The van der Waals surface area contributed by atoms with Crippen LogP contribution in [0.15, 0.2) is 24.3 Å². The topological polar surface area (TPSA) is 34.1 Å². The lowest BCUT2D eigenvalue weighted by atomic mass is 9.90. The Hall–Kier alpha value is -1.77. The summed E-state index contributed by atoms with van der Waals surface area (Å²) in [6.45, 7) is 9.39. The van der Waals surface area contributed by atoms with Crippen LogP contribution in [0.25, 0.3) is 10.9 Å². The van der Waals surface area contributed by atoms with E-state index in [0.29, 0.717) is 0 Å². The Balaban J connectivity index is 2.53. The normalized spacial score (nSPS) is 11.7. The van der Waals surface area contributed by atoms with Crippen LogP contribution in [0.5, 0.6) is 5.75 Å². The Morgan fingerprint density at radius 2 is 1.95 bits per heavy atom. The van der Waals surface area contributed by atoms with Gasteiger partial charge in [0.15, 0.2) is 0 Å². The molecule has 2 aromatic rings. The van der Waals surface area contributed by atoms with Crippen LogP contribution in [0, 0.1) is 0 Å². The lowest BCUT2D eigenvalue weighted by Crippen LogP contribution is -2.14. The Kier molecular flexibility index (Phi) is 4.17. The Labute approximate surface area is 121 Å². The van der Waals surface area contributed by atoms with Gasteiger partial charge in [0.1, 0.15) is 5.75 Å². The first-order valence-electron chi connectivity index (χ1n) is 7.21. The van der Waals surface area contributed by atoms with Crippen LogP contribution in [0.4, 0.5) is 5.69 Å². The Morgan fingerprint density at radius 3 is 2.55 bits per heavy atom. The van der Waals surface area contributed by atoms with E-state index < -0.39 is 0 Å². The van der Waals surface area contributed by atoms with Crippen molar-refractivity contribution in [3.05, 3.63) is 30.0 Å². The van der Waals surface area contributed by atoms with Crippen molar-refractivity contribution in [1.82, 2.24) is 4.98 Å². The molecule has 0 atom stereocenters. The summed E-state index contributed by atoms with van der Waals surface area (Å²) in [6, 6.07) is 8.23. The zero-order chi connectivity index (χ0) is 14.8. The molecular weight excluding hydrogens is 248 g/mol. The minimum absolute atomic E-state index is 0.0389. The average Bonchev–Trinajstić information content (AvgIpc) is 2.42. The molecule has 0 aliphatic carbocycles. The number of fused-ring (bicyclic) bond motifs is 1. The summed E-state index contributed by atoms with van der Waals surface area (Å²) >= 11 is 0. The minimum Gasteiger partial charge on any atom is -0.494 e. The van der Waals surface area contributed by atoms with Gasteiger partial charge in [0.05, 0.1) is 12.1 Å². The van der Waals surface area contributed by atoms with E-state index in [9.17, 15) is 0 Å². The van der Waals surface area contributed by atoms with E-state index in [1.54, 1.807) is 0 Å². The van der Waals surface area contributed by atoms with Crippen molar-refractivity contribution in [2.75, 3.05) is 19.0 Å². The monoisotopic (exact) mass is 272 g/mol. The van der Waals surface area contributed by atoms with Gasteiger partial charge >= 0.3 is 0 Å². The summed E-state index contributed by atoms with van der Waals surface area (Å²) < 4.78 is 5.70. The molecule has 108 valence electrons. The van der Waals surface area contributed by atoms with Crippen LogP contribution in [-0.4, -0.2) is 18.6 Å². The maximum Gasteiger partial charge on any atom is 0.120 e. The van der Waals surface area contributed by atoms with Crippen molar-refractivity contribution in [2.45, 2.75) is 39.5 Å². The molecule has 0 saturated heterocycles. The third-order valence-electron chi connectivity index (χ3n) is 3.29. The summed E-state index contributed by atoms with van der Waals surface area (Å²) in [5, 5.41) is 4.38. The van der Waals surface area contributed by atoms with Gasteiger partial charge in [-0.25, -0.2) is 0 Å². The molecule has 1 aromatic carbocycles. The first kappa shape index (κ1) is 14.6. The molecule has 0 amide bonds. The second-order valence-corrected chi connectivity index (χ2v) is 6.08. The molecule has 1 aromatic heterocycles. The summed E-state index contributed by atoms with van der Waals surface area (Å²) in [4.78, 5) is 4.78. The SMILES string of the molecule is CCCOc1ccc2nc(C(C)(C)C)cc(NC)c2c1. The highest BCUT2D eigenvalue weighted by Crippen LogP contribution is 2.31. The molecule has 20 heavy (non-hydrogen) atoms. The Morgan fingerprint density at radius 1 is 1.20 bits per heavy atom. The molecule has 2 rings (SSSR count). The number of hydrogen-bond acceptors (Lipinski definition) is 3. The summed E-state index contributed by atoms with van der Waals surface area (Å²) in [5.74, 6) is 0.904. The molecule has 0 bridgehead atoms. The van der Waals surface area contributed by atoms with Crippen molar-refractivity contribution in [2.24, 2.45) is 0 Å². The molecule has 0 aliphatic rings. The van der Waals surface area contributed by atoms with Crippen molar-refractivity contribution < 1.29 is 4.74 Å². The van der Waals surface area contributed by atoms with E-state index in [4.69, 9.17) is 9.72 Å². The van der Waals surface area contributed by atoms with E-state index in [1.165, 1.54) is 0 Å². The minimum atomic E-state index is 0.0389. The summed E-state index contributed by atoms with van der Waals surface area (Å²) in [7, 11) is 1.95. The molecule has 1 N–H and O–H groups in total. The number of aromatic nitrogens is 1. The van der Waals surface area contributed by atoms with Crippen molar-refractivity contribution in [3.8, 4) is 5.75 Å². The van der Waals surface area contributed by atoms with Gasteiger partial charge < -0.3 is 10.1 Å². The zero-order valence-electron chi connectivity index (χ0n) is 13.1. The number of nitrogens with zero attached hydrogens (tertiary/aromatic N) is 1. The molecular formula is C17H24N2O. The van der Waals surface area contributed by atoms with E-state index in [2.05, 4.69) is 45.1 Å². The summed E-state index contributed by atoms with van der Waals surface area (Å²) in [5.41, 5.74) is 3.24. The molecule has 1 heterocycles. The predicted octanol–water partition coefficient (Wildman–Crippen LogP) is 4.36. The number of pyridine rings is 1. The zero-order valence-corrected chi connectivity index (χ0v) is 13.1. The van der Waals surface area contributed by atoms with E-state index in [1.807, 2.05) is 19.2 Å². The van der Waals surface area contributed by atoms with Crippen molar-refractivity contribution in [1.29, 1.82) is 0 Å². The first-order chi connectivity index (χ1) is 9.45. The van der Waals surface area contributed by atoms with Crippen molar-refractivity contribution >= 4 is 16.6 Å². The van der Waals surface area contributed by atoms with E-state index >= 15 is 0 Å². The van der Waals surface area contributed by atoms with Crippen LogP contribution in [0.3, 0.4) is 0 Å². The molecule has 0 fully saturated rings. The highest BCUT2D eigenvalue weighted by Gasteiger charge is 2.17. The first-order valence-corrected chi connectivity index (χ1v) is 7.21. The smallest absolute Gasteiger partial charge is 0.120 e. The van der Waals surface area contributed by atoms with Crippen molar-refractivity contribution in [3.63, 3.8) is 0 Å². The average molecular weight is 272 g/mol. The fourth-order valence-electron chi connectivity index (χ4n) is 2.11. The Bertz CT molecular complexity index is 600. The van der Waals surface area contributed by atoms with Gasteiger partial charge in [-0.1, -0.05) is 27.7 Å². The second-order valence-electron chi connectivity index (χ2n) is 6.08. The maximum absolute atomic E-state index is 5.70. The third-order valence-corrected chi connectivity index (χ3v) is 3.29. The molecule has 0 aliphatic heterocycles. The molecule has 3 nitrogen and oxygen atoms in total.